The zero-order chi connectivity index (χ0) is 13.7. The van der Waals surface area contributed by atoms with Crippen LogP contribution in [0.4, 0.5) is 0 Å². The quantitative estimate of drug-likeness (QED) is 0.822. The molecule has 0 aliphatic rings. The van der Waals surface area contributed by atoms with Gasteiger partial charge in [-0.25, -0.2) is 0 Å². The maximum atomic E-state index is 12.4. The van der Waals surface area contributed by atoms with E-state index in [0.29, 0.717) is 11.3 Å². The minimum atomic E-state index is 0. The van der Waals surface area contributed by atoms with Gasteiger partial charge in [-0.1, -0.05) is 30.3 Å². The van der Waals surface area contributed by atoms with Gasteiger partial charge in [0.15, 0.2) is 0 Å². The van der Waals surface area contributed by atoms with Gasteiger partial charge in [0, 0.05) is 24.8 Å². The molecule has 0 atom stereocenters. The number of carbonyl (C=O) groups is 1. The number of hydrogen-bond donors (Lipinski definition) is 1. The summed E-state index contributed by atoms with van der Waals surface area (Å²) in [6.07, 6.45) is 1.87. The molecule has 2 rings (SSSR count). The molecule has 108 valence electrons. The maximum absolute atomic E-state index is 12.4. The maximum Gasteiger partial charge on any atom is 0.211 e. The van der Waals surface area contributed by atoms with Gasteiger partial charge >= 0.3 is 0 Å². The van der Waals surface area contributed by atoms with Gasteiger partial charge < -0.3 is 10.3 Å². The third kappa shape index (κ3) is 4.21. The van der Waals surface area contributed by atoms with Crippen LogP contribution in [0.5, 0.6) is 0 Å². The van der Waals surface area contributed by atoms with Crippen LogP contribution in [0, 0.1) is 0 Å². The second kappa shape index (κ2) is 7.87. The number of aromatic nitrogens is 1. The number of halogens is 1. The zero-order valence-corrected chi connectivity index (χ0v) is 13.5. The smallest absolute Gasteiger partial charge is 0.211 e. The molecule has 0 bridgehead atoms. The van der Waals surface area contributed by atoms with E-state index in [1.165, 1.54) is 0 Å². The second-order valence-electron chi connectivity index (χ2n) is 4.67. The minimum absolute atomic E-state index is 0. The standard InChI is InChI=1S/C15H19N3O.BrH/c1-17(2)12-10-16-18-11-6-9-14(18)15(19)13-7-4-3-5-8-13;/h3-9,11,16H,10,12H2,1-2H3;1H. The fourth-order valence-corrected chi connectivity index (χ4v) is 1.84. The molecular formula is C15H20BrN3O. The van der Waals surface area contributed by atoms with Crippen LogP contribution in [0.1, 0.15) is 16.1 Å². The normalized spacial score (nSPS) is 10.2. The Kier molecular flexibility index (Phi) is 6.48. The van der Waals surface area contributed by atoms with Crippen molar-refractivity contribution in [3.63, 3.8) is 0 Å². The Bertz CT molecular complexity index is 537. The largest absolute Gasteiger partial charge is 0.324 e. The molecule has 0 amide bonds. The second-order valence-corrected chi connectivity index (χ2v) is 4.67. The van der Waals surface area contributed by atoms with Crippen molar-refractivity contribution in [2.45, 2.75) is 0 Å². The molecule has 0 saturated heterocycles. The molecule has 1 aromatic carbocycles. The van der Waals surface area contributed by atoms with E-state index in [2.05, 4.69) is 10.3 Å². The summed E-state index contributed by atoms with van der Waals surface area (Å²) >= 11 is 0. The Morgan fingerprint density at radius 3 is 2.50 bits per heavy atom. The number of nitrogens with zero attached hydrogens (tertiary/aromatic N) is 2. The SMILES string of the molecule is Br.CN(C)CCNn1cccc1C(=O)c1ccccc1. The van der Waals surface area contributed by atoms with Crippen molar-refractivity contribution >= 4 is 22.8 Å². The summed E-state index contributed by atoms with van der Waals surface area (Å²) in [5, 5.41) is 0. The Morgan fingerprint density at radius 2 is 1.85 bits per heavy atom. The van der Waals surface area contributed by atoms with E-state index in [9.17, 15) is 4.79 Å². The van der Waals surface area contributed by atoms with Crippen molar-refractivity contribution < 1.29 is 4.79 Å². The van der Waals surface area contributed by atoms with Crippen LogP contribution >= 0.6 is 17.0 Å². The van der Waals surface area contributed by atoms with Gasteiger partial charge in [-0.15, -0.1) is 17.0 Å². The van der Waals surface area contributed by atoms with Crippen LogP contribution in [0.2, 0.25) is 0 Å². The van der Waals surface area contributed by atoms with Crippen LogP contribution in [0.15, 0.2) is 48.7 Å². The molecule has 0 aliphatic carbocycles. The highest BCUT2D eigenvalue weighted by molar-refractivity contribution is 8.93. The van der Waals surface area contributed by atoms with Crippen molar-refractivity contribution in [3.05, 3.63) is 59.9 Å². The molecule has 20 heavy (non-hydrogen) atoms. The highest BCUT2D eigenvalue weighted by atomic mass is 79.9. The van der Waals surface area contributed by atoms with E-state index >= 15 is 0 Å². The Labute approximate surface area is 130 Å². The third-order valence-corrected chi connectivity index (χ3v) is 2.86. The van der Waals surface area contributed by atoms with E-state index < -0.39 is 0 Å². The molecule has 2 aromatic rings. The number of carbonyl (C=O) groups excluding carboxylic acids is 1. The summed E-state index contributed by atoms with van der Waals surface area (Å²) in [7, 11) is 4.04. The van der Waals surface area contributed by atoms with Crippen molar-refractivity contribution in [2.24, 2.45) is 0 Å². The van der Waals surface area contributed by atoms with Gasteiger partial charge in [-0.3, -0.25) is 9.47 Å². The monoisotopic (exact) mass is 337 g/mol. The summed E-state index contributed by atoms with van der Waals surface area (Å²) in [5.74, 6) is 0.0305. The van der Waals surface area contributed by atoms with Crippen LogP contribution in [-0.4, -0.2) is 42.5 Å². The lowest BCUT2D eigenvalue weighted by molar-refractivity contribution is 0.103. The number of likely N-dealkylation sites (N-methyl/N-ethyl adjacent to an activating group) is 1. The Hall–Kier alpha value is -1.59. The van der Waals surface area contributed by atoms with E-state index in [1.54, 1.807) is 4.68 Å². The highest BCUT2D eigenvalue weighted by Gasteiger charge is 2.12. The molecule has 0 radical (unpaired) electrons. The molecule has 1 aromatic heterocycles. The average Bonchev–Trinajstić information content (AvgIpc) is 2.87. The van der Waals surface area contributed by atoms with Crippen molar-refractivity contribution in [3.8, 4) is 0 Å². The van der Waals surface area contributed by atoms with Crippen LogP contribution in [0.3, 0.4) is 0 Å². The summed E-state index contributed by atoms with van der Waals surface area (Å²) in [6, 6.07) is 13.0. The molecule has 0 saturated carbocycles. The fourth-order valence-electron chi connectivity index (χ4n) is 1.84. The predicted octanol–water partition coefficient (Wildman–Crippen LogP) is 2.40. The molecule has 1 heterocycles. The zero-order valence-electron chi connectivity index (χ0n) is 11.7. The lowest BCUT2D eigenvalue weighted by Crippen LogP contribution is -2.27. The topological polar surface area (TPSA) is 37.3 Å². The fraction of sp³-hybridized carbons (Fsp3) is 0.267. The lowest BCUT2D eigenvalue weighted by Gasteiger charge is -2.14. The van der Waals surface area contributed by atoms with Crippen LogP contribution < -0.4 is 5.43 Å². The summed E-state index contributed by atoms with van der Waals surface area (Å²) in [6.45, 7) is 1.70. The predicted molar refractivity (Wildman–Crippen MR) is 87.4 cm³/mol. The van der Waals surface area contributed by atoms with Gasteiger partial charge in [0.2, 0.25) is 5.78 Å². The number of nitrogens with one attached hydrogen (secondary N) is 1. The molecule has 0 aliphatic heterocycles. The van der Waals surface area contributed by atoms with Gasteiger partial charge in [-0.05, 0) is 26.2 Å². The first-order valence-electron chi connectivity index (χ1n) is 6.34. The van der Waals surface area contributed by atoms with Gasteiger partial charge in [0.1, 0.15) is 5.69 Å². The minimum Gasteiger partial charge on any atom is -0.324 e. The first-order chi connectivity index (χ1) is 9.18. The number of rotatable bonds is 6. The van der Waals surface area contributed by atoms with Gasteiger partial charge in [-0.2, -0.15) is 0 Å². The Morgan fingerprint density at radius 1 is 1.15 bits per heavy atom. The van der Waals surface area contributed by atoms with Crippen molar-refractivity contribution in [2.75, 3.05) is 32.6 Å². The molecule has 1 N–H and O–H groups in total. The molecule has 0 unspecified atom stereocenters. The van der Waals surface area contributed by atoms with Gasteiger partial charge in [0.05, 0.1) is 0 Å². The van der Waals surface area contributed by atoms with Crippen LogP contribution in [0.25, 0.3) is 0 Å². The molecule has 4 nitrogen and oxygen atoms in total. The number of benzene rings is 1. The molecular weight excluding hydrogens is 318 g/mol. The first-order valence-corrected chi connectivity index (χ1v) is 6.34. The average molecular weight is 338 g/mol. The van der Waals surface area contributed by atoms with E-state index in [4.69, 9.17) is 0 Å². The lowest BCUT2D eigenvalue weighted by atomic mass is 10.1. The van der Waals surface area contributed by atoms with Crippen molar-refractivity contribution in [1.29, 1.82) is 0 Å². The summed E-state index contributed by atoms with van der Waals surface area (Å²) < 4.78 is 1.79. The van der Waals surface area contributed by atoms with E-state index in [1.807, 2.05) is 62.8 Å². The Balaban J connectivity index is 0.00000200. The number of ketones is 1. The van der Waals surface area contributed by atoms with Crippen LogP contribution in [-0.2, 0) is 0 Å². The summed E-state index contributed by atoms with van der Waals surface area (Å²) in [4.78, 5) is 14.4. The van der Waals surface area contributed by atoms with E-state index in [-0.39, 0.29) is 22.8 Å². The third-order valence-electron chi connectivity index (χ3n) is 2.86. The summed E-state index contributed by atoms with van der Waals surface area (Å²) in [5.41, 5.74) is 4.59. The molecule has 0 spiro atoms. The molecule has 0 fully saturated rings. The van der Waals surface area contributed by atoms with Crippen molar-refractivity contribution in [1.82, 2.24) is 9.58 Å². The highest BCUT2D eigenvalue weighted by Crippen LogP contribution is 2.09. The number of hydrogen-bond acceptors (Lipinski definition) is 3. The first kappa shape index (κ1) is 16.5. The van der Waals surface area contributed by atoms with E-state index in [0.717, 1.165) is 13.1 Å². The molecule has 5 heteroatoms. The van der Waals surface area contributed by atoms with Gasteiger partial charge in [0.25, 0.3) is 0 Å².